The molecule has 0 aromatic heterocycles. The maximum Gasteiger partial charge on any atom is 0.125 e. The van der Waals surface area contributed by atoms with Crippen molar-refractivity contribution in [3.05, 3.63) is 0 Å². The summed E-state index contributed by atoms with van der Waals surface area (Å²) in [6, 6.07) is 0. The van der Waals surface area contributed by atoms with Gasteiger partial charge in [0.1, 0.15) is 6.29 Å². The lowest BCUT2D eigenvalue weighted by Gasteiger charge is -2.10. The predicted octanol–water partition coefficient (Wildman–Crippen LogP) is -0.219. The number of rotatable bonds is 1. The summed E-state index contributed by atoms with van der Waals surface area (Å²) in [4.78, 5) is 10.1. The quantitative estimate of drug-likeness (QED) is 0.476. The van der Waals surface area contributed by atoms with Gasteiger partial charge in [0.15, 0.2) is 0 Å². The van der Waals surface area contributed by atoms with E-state index in [0.29, 0.717) is 6.54 Å². The van der Waals surface area contributed by atoms with Gasteiger partial charge in [0.05, 0.1) is 0 Å². The van der Waals surface area contributed by atoms with Gasteiger partial charge in [-0.2, -0.15) is 5.10 Å². The molecule has 0 aromatic carbocycles. The Morgan fingerprint density at radius 3 is 3.12 bits per heavy atom. The van der Waals surface area contributed by atoms with Crippen molar-refractivity contribution in [1.29, 1.82) is 0 Å². The zero-order valence-corrected chi connectivity index (χ0v) is 4.50. The Morgan fingerprint density at radius 2 is 2.75 bits per heavy atom. The molecule has 0 amide bonds. The van der Waals surface area contributed by atoms with Gasteiger partial charge in [-0.25, -0.2) is 0 Å². The highest BCUT2D eigenvalue weighted by molar-refractivity contribution is 5.66. The van der Waals surface area contributed by atoms with Crippen LogP contribution in [0.4, 0.5) is 0 Å². The molecular weight excluding hydrogens is 104 g/mol. The average molecular weight is 112 g/mol. The molecule has 1 rings (SSSR count). The summed E-state index contributed by atoms with van der Waals surface area (Å²) in [5, 5.41) is 3.74. The standard InChI is InChI=1S/C5H8N2O/c8-4-5-1-2-6-7-3-5/h2,4-5,7H,1,3H2. The van der Waals surface area contributed by atoms with Gasteiger partial charge in [0.2, 0.25) is 0 Å². The smallest absolute Gasteiger partial charge is 0.125 e. The molecule has 1 aliphatic rings. The second-order valence-electron chi connectivity index (χ2n) is 1.81. The van der Waals surface area contributed by atoms with Crippen LogP contribution in [0.3, 0.4) is 0 Å². The van der Waals surface area contributed by atoms with Crippen LogP contribution >= 0.6 is 0 Å². The van der Waals surface area contributed by atoms with Crippen LogP contribution in [0, 0.1) is 5.92 Å². The van der Waals surface area contributed by atoms with Gasteiger partial charge >= 0.3 is 0 Å². The van der Waals surface area contributed by atoms with E-state index in [4.69, 9.17) is 0 Å². The molecule has 44 valence electrons. The molecule has 1 N–H and O–H groups in total. The fourth-order valence-corrected chi connectivity index (χ4v) is 0.610. The van der Waals surface area contributed by atoms with Crippen LogP contribution in [0.1, 0.15) is 6.42 Å². The van der Waals surface area contributed by atoms with Gasteiger partial charge in [-0.3, -0.25) is 0 Å². The summed E-state index contributed by atoms with van der Waals surface area (Å²) >= 11 is 0. The monoisotopic (exact) mass is 112 g/mol. The van der Waals surface area contributed by atoms with Gasteiger partial charge in [-0.1, -0.05) is 0 Å². The summed E-state index contributed by atoms with van der Waals surface area (Å²) in [6.45, 7) is 0.694. The summed E-state index contributed by atoms with van der Waals surface area (Å²) in [5.41, 5.74) is 2.72. The molecule has 0 fully saturated rings. The lowest BCUT2D eigenvalue weighted by atomic mass is 10.1. The molecule has 1 atom stereocenters. The number of hydrazone groups is 1. The molecule has 0 aliphatic carbocycles. The molecule has 1 unspecified atom stereocenters. The van der Waals surface area contributed by atoms with Crippen molar-refractivity contribution >= 4 is 12.5 Å². The Hall–Kier alpha value is -0.860. The Bertz CT molecular complexity index is 111. The van der Waals surface area contributed by atoms with Crippen LogP contribution < -0.4 is 5.43 Å². The SMILES string of the molecule is O=CC1CC=NNC1. The van der Waals surface area contributed by atoms with Gasteiger partial charge in [0.25, 0.3) is 0 Å². The Kier molecular flexibility index (Phi) is 1.62. The highest BCUT2D eigenvalue weighted by atomic mass is 16.1. The normalized spacial score (nSPS) is 26.8. The Balaban J connectivity index is 2.37. The Morgan fingerprint density at radius 1 is 1.88 bits per heavy atom. The second kappa shape index (κ2) is 2.45. The van der Waals surface area contributed by atoms with Crippen LogP contribution in [0.15, 0.2) is 5.10 Å². The molecule has 3 heteroatoms. The third-order valence-corrected chi connectivity index (χ3v) is 1.14. The molecule has 0 radical (unpaired) electrons. The minimum atomic E-state index is 0.146. The molecule has 8 heavy (non-hydrogen) atoms. The van der Waals surface area contributed by atoms with E-state index in [1.807, 2.05) is 0 Å². The third-order valence-electron chi connectivity index (χ3n) is 1.14. The van der Waals surface area contributed by atoms with Crippen LogP contribution in [-0.4, -0.2) is 19.0 Å². The lowest BCUT2D eigenvalue weighted by molar-refractivity contribution is -0.110. The van der Waals surface area contributed by atoms with Crippen LogP contribution in [0.2, 0.25) is 0 Å². The van der Waals surface area contributed by atoms with Crippen molar-refractivity contribution in [3.8, 4) is 0 Å². The van der Waals surface area contributed by atoms with E-state index in [1.54, 1.807) is 6.21 Å². The number of aldehydes is 1. The number of nitrogens with one attached hydrogen (secondary N) is 1. The van der Waals surface area contributed by atoms with Crippen LogP contribution in [0.25, 0.3) is 0 Å². The second-order valence-corrected chi connectivity index (χ2v) is 1.81. The molecule has 1 aliphatic heterocycles. The number of hydrogen-bond acceptors (Lipinski definition) is 3. The van der Waals surface area contributed by atoms with Crippen LogP contribution in [-0.2, 0) is 4.79 Å². The summed E-state index contributed by atoms with van der Waals surface area (Å²) in [7, 11) is 0. The van der Waals surface area contributed by atoms with Crippen molar-refractivity contribution in [3.63, 3.8) is 0 Å². The topological polar surface area (TPSA) is 41.5 Å². The number of hydrogen-bond donors (Lipinski definition) is 1. The van der Waals surface area contributed by atoms with Crippen molar-refractivity contribution in [2.75, 3.05) is 6.54 Å². The molecule has 0 saturated carbocycles. The number of nitrogens with zero attached hydrogens (tertiary/aromatic N) is 1. The average Bonchev–Trinajstić information content (AvgIpc) is 1.90. The maximum absolute atomic E-state index is 10.1. The fraction of sp³-hybridized carbons (Fsp3) is 0.600. The van der Waals surface area contributed by atoms with Crippen molar-refractivity contribution in [1.82, 2.24) is 5.43 Å². The fourth-order valence-electron chi connectivity index (χ4n) is 0.610. The molecule has 0 bridgehead atoms. The first-order valence-electron chi connectivity index (χ1n) is 2.63. The van der Waals surface area contributed by atoms with E-state index in [1.165, 1.54) is 0 Å². The van der Waals surface area contributed by atoms with Crippen molar-refractivity contribution < 1.29 is 4.79 Å². The first-order valence-corrected chi connectivity index (χ1v) is 2.63. The molecule has 0 spiro atoms. The largest absolute Gasteiger partial charge is 0.310 e. The maximum atomic E-state index is 10.1. The molecule has 3 nitrogen and oxygen atoms in total. The number of carbonyl (C=O) groups excluding carboxylic acids is 1. The highest BCUT2D eigenvalue weighted by Gasteiger charge is 2.06. The summed E-state index contributed by atoms with van der Waals surface area (Å²) in [5.74, 6) is 0.146. The zero-order valence-electron chi connectivity index (χ0n) is 4.50. The van der Waals surface area contributed by atoms with E-state index in [2.05, 4.69) is 10.5 Å². The van der Waals surface area contributed by atoms with Crippen molar-refractivity contribution in [2.45, 2.75) is 6.42 Å². The first-order chi connectivity index (χ1) is 3.93. The van der Waals surface area contributed by atoms with Crippen LogP contribution in [0.5, 0.6) is 0 Å². The molecule has 0 saturated heterocycles. The van der Waals surface area contributed by atoms with E-state index in [9.17, 15) is 4.79 Å². The zero-order chi connectivity index (χ0) is 5.82. The first kappa shape index (κ1) is 5.28. The van der Waals surface area contributed by atoms with Gasteiger partial charge in [-0.15, -0.1) is 0 Å². The van der Waals surface area contributed by atoms with E-state index in [-0.39, 0.29) is 5.92 Å². The third kappa shape index (κ3) is 1.05. The van der Waals surface area contributed by atoms with E-state index < -0.39 is 0 Å². The summed E-state index contributed by atoms with van der Waals surface area (Å²) < 4.78 is 0. The van der Waals surface area contributed by atoms with Gasteiger partial charge in [-0.05, 0) is 6.42 Å². The lowest BCUT2D eigenvalue weighted by Crippen LogP contribution is -2.24. The molecule has 1 heterocycles. The minimum absolute atomic E-state index is 0.146. The molecule has 0 aromatic rings. The van der Waals surface area contributed by atoms with E-state index >= 15 is 0 Å². The number of carbonyl (C=O) groups is 1. The summed E-state index contributed by atoms with van der Waals surface area (Å²) in [6.07, 6.45) is 3.47. The molecular formula is C5H8N2O. The van der Waals surface area contributed by atoms with E-state index in [0.717, 1.165) is 12.7 Å². The van der Waals surface area contributed by atoms with Gasteiger partial charge < -0.3 is 10.2 Å². The van der Waals surface area contributed by atoms with Crippen molar-refractivity contribution in [2.24, 2.45) is 11.0 Å². The predicted molar refractivity (Wildman–Crippen MR) is 30.7 cm³/mol. The highest BCUT2D eigenvalue weighted by Crippen LogP contribution is 1.97. The Labute approximate surface area is 47.8 Å². The van der Waals surface area contributed by atoms with Gasteiger partial charge in [0, 0.05) is 18.7 Å². The minimum Gasteiger partial charge on any atom is -0.310 e.